The number of epoxide rings is 2. The van der Waals surface area contributed by atoms with Crippen molar-refractivity contribution in [2.75, 3.05) is 19.8 Å². The fraction of sp³-hybridized carbons (Fsp3) is 0.833. The van der Waals surface area contributed by atoms with Gasteiger partial charge in [0.25, 0.3) is 0 Å². The highest BCUT2D eigenvalue weighted by Gasteiger charge is 2.32. The van der Waals surface area contributed by atoms with Crippen molar-refractivity contribution in [3.8, 4) is 0 Å². The van der Waals surface area contributed by atoms with Crippen molar-refractivity contribution in [2.24, 2.45) is 5.92 Å². The molecule has 3 unspecified atom stereocenters. The van der Waals surface area contributed by atoms with Crippen LogP contribution in [0.25, 0.3) is 0 Å². The summed E-state index contributed by atoms with van der Waals surface area (Å²) in [6, 6.07) is 0. The number of carbonyl (C=O) groups excluding carboxylic acids is 1. The Morgan fingerprint density at radius 3 is 2.50 bits per heavy atom. The maximum absolute atomic E-state index is 11.8. The topological polar surface area (TPSA) is 88.7 Å². The number of carbonyl (C=O) groups is 2. The van der Waals surface area contributed by atoms with Crippen LogP contribution in [0.3, 0.4) is 0 Å². The SMILES string of the molecule is O=C(O)CCCC(CC1CO1)C(=O)OCC1CO1. The molecular formula is C12H18O6. The van der Waals surface area contributed by atoms with Gasteiger partial charge in [-0.3, -0.25) is 9.59 Å². The standard InChI is InChI=1S/C12H18O6/c13-11(14)3-1-2-8(4-9-5-16-9)12(15)18-7-10-6-17-10/h8-10H,1-7H2,(H,13,14). The number of carboxylic acids is 1. The molecule has 2 heterocycles. The van der Waals surface area contributed by atoms with E-state index in [9.17, 15) is 9.59 Å². The molecular weight excluding hydrogens is 240 g/mol. The van der Waals surface area contributed by atoms with Gasteiger partial charge in [-0.1, -0.05) is 0 Å². The third kappa shape index (κ3) is 5.01. The number of hydrogen-bond donors (Lipinski definition) is 1. The maximum atomic E-state index is 11.8. The summed E-state index contributed by atoms with van der Waals surface area (Å²) < 4.78 is 15.2. The molecule has 0 bridgehead atoms. The summed E-state index contributed by atoms with van der Waals surface area (Å²) in [5.74, 6) is -1.35. The summed E-state index contributed by atoms with van der Waals surface area (Å²) in [5, 5.41) is 8.59. The summed E-state index contributed by atoms with van der Waals surface area (Å²) in [4.78, 5) is 22.3. The third-order valence-electron chi connectivity index (χ3n) is 3.04. The van der Waals surface area contributed by atoms with E-state index in [2.05, 4.69) is 0 Å². The summed E-state index contributed by atoms with van der Waals surface area (Å²) in [6.45, 7) is 1.65. The van der Waals surface area contributed by atoms with Crippen LogP contribution in [0.2, 0.25) is 0 Å². The quantitative estimate of drug-likeness (QED) is 0.481. The molecule has 2 rings (SSSR count). The van der Waals surface area contributed by atoms with E-state index in [-0.39, 0.29) is 30.5 Å². The van der Waals surface area contributed by atoms with E-state index in [0.717, 1.165) is 0 Å². The zero-order valence-electron chi connectivity index (χ0n) is 10.2. The average molecular weight is 258 g/mol. The Morgan fingerprint density at radius 2 is 1.94 bits per heavy atom. The van der Waals surface area contributed by atoms with Crippen LogP contribution in [0, 0.1) is 5.92 Å². The van der Waals surface area contributed by atoms with Crippen LogP contribution in [0.4, 0.5) is 0 Å². The van der Waals surface area contributed by atoms with Crippen molar-refractivity contribution in [1.29, 1.82) is 0 Å². The Kier molecular flexibility index (Phi) is 4.54. The van der Waals surface area contributed by atoms with Gasteiger partial charge >= 0.3 is 11.9 Å². The summed E-state index contributed by atoms with van der Waals surface area (Å²) in [7, 11) is 0. The van der Waals surface area contributed by atoms with Crippen LogP contribution in [-0.2, 0) is 23.8 Å². The van der Waals surface area contributed by atoms with Crippen molar-refractivity contribution < 1.29 is 28.9 Å². The Hall–Kier alpha value is -1.14. The van der Waals surface area contributed by atoms with Crippen LogP contribution in [-0.4, -0.2) is 49.1 Å². The molecule has 2 fully saturated rings. The fourth-order valence-electron chi connectivity index (χ4n) is 1.81. The van der Waals surface area contributed by atoms with Gasteiger partial charge in [0.2, 0.25) is 0 Å². The average Bonchev–Trinajstić information content (AvgIpc) is 3.18. The predicted octanol–water partition coefficient (Wildman–Crippen LogP) is 0.588. The number of hydrogen-bond acceptors (Lipinski definition) is 5. The number of ether oxygens (including phenoxy) is 3. The first-order chi connectivity index (χ1) is 8.65. The van der Waals surface area contributed by atoms with Gasteiger partial charge in [0.05, 0.1) is 25.2 Å². The first-order valence-corrected chi connectivity index (χ1v) is 6.27. The van der Waals surface area contributed by atoms with E-state index in [4.69, 9.17) is 19.3 Å². The molecule has 1 N–H and O–H groups in total. The molecule has 6 heteroatoms. The molecule has 0 spiro atoms. The lowest BCUT2D eigenvalue weighted by molar-refractivity contribution is -0.150. The Bertz CT molecular complexity index is 308. The minimum Gasteiger partial charge on any atom is -0.481 e. The number of carboxylic acid groups (broad SMARTS) is 1. The lowest BCUT2D eigenvalue weighted by Gasteiger charge is -2.14. The van der Waals surface area contributed by atoms with Crippen molar-refractivity contribution in [2.45, 2.75) is 37.9 Å². The van der Waals surface area contributed by atoms with Gasteiger partial charge in [0.1, 0.15) is 12.7 Å². The molecule has 3 atom stereocenters. The van der Waals surface area contributed by atoms with E-state index in [1.165, 1.54) is 0 Å². The molecule has 0 saturated carbocycles. The monoisotopic (exact) mass is 258 g/mol. The highest BCUT2D eigenvalue weighted by Crippen LogP contribution is 2.25. The molecule has 6 nitrogen and oxygen atoms in total. The first kappa shape index (κ1) is 13.3. The van der Waals surface area contributed by atoms with Crippen molar-refractivity contribution >= 4 is 11.9 Å². The summed E-state index contributed by atoms with van der Waals surface area (Å²) in [6.07, 6.45) is 1.94. The van der Waals surface area contributed by atoms with Crippen molar-refractivity contribution in [3.05, 3.63) is 0 Å². The smallest absolute Gasteiger partial charge is 0.309 e. The van der Waals surface area contributed by atoms with Gasteiger partial charge in [-0.25, -0.2) is 0 Å². The van der Waals surface area contributed by atoms with E-state index in [1.807, 2.05) is 0 Å². The minimum atomic E-state index is -0.837. The second-order valence-electron chi connectivity index (χ2n) is 4.76. The van der Waals surface area contributed by atoms with Crippen LogP contribution in [0.15, 0.2) is 0 Å². The van der Waals surface area contributed by atoms with Gasteiger partial charge in [-0.15, -0.1) is 0 Å². The molecule has 18 heavy (non-hydrogen) atoms. The number of esters is 1. The zero-order chi connectivity index (χ0) is 13.0. The molecule has 0 amide bonds. The van der Waals surface area contributed by atoms with Crippen molar-refractivity contribution in [1.82, 2.24) is 0 Å². The summed E-state index contributed by atoms with van der Waals surface area (Å²) >= 11 is 0. The lowest BCUT2D eigenvalue weighted by Crippen LogP contribution is -2.22. The predicted molar refractivity (Wildman–Crippen MR) is 60.0 cm³/mol. The highest BCUT2D eigenvalue weighted by atomic mass is 16.6. The van der Waals surface area contributed by atoms with Crippen LogP contribution in [0.1, 0.15) is 25.7 Å². The molecule has 102 valence electrons. The van der Waals surface area contributed by atoms with Crippen molar-refractivity contribution in [3.63, 3.8) is 0 Å². The van der Waals surface area contributed by atoms with Gasteiger partial charge in [0.15, 0.2) is 0 Å². The first-order valence-electron chi connectivity index (χ1n) is 6.27. The molecule has 0 aromatic rings. The maximum Gasteiger partial charge on any atom is 0.309 e. The van der Waals surface area contributed by atoms with Gasteiger partial charge in [0, 0.05) is 6.42 Å². The molecule has 0 aromatic carbocycles. The zero-order valence-corrected chi connectivity index (χ0v) is 10.2. The van der Waals surface area contributed by atoms with E-state index in [0.29, 0.717) is 39.1 Å². The molecule has 0 aliphatic carbocycles. The Labute approximate surface area is 105 Å². The second-order valence-corrected chi connectivity index (χ2v) is 4.76. The number of rotatable bonds is 9. The highest BCUT2D eigenvalue weighted by molar-refractivity contribution is 5.72. The van der Waals surface area contributed by atoms with E-state index >= 15 is 0 Å². The number of aliphatic carboxylic acids is 1. The van der Waals surface area contributed by atoms with Crippen LogP contribution < -0.4 is 0 Å². The fourth-order valence-corrected chi connectivity index (χ4v) is 1.81. The van der Waals surface area contributed by atoms with Crippen LogP contribution >= 0.6 is 0 Å². The Morgan fingerprint density at radius 1 is 1.28 bits per heavy atom. The normalized spacial score (nSPS) is 26.4. The molecule has 0 aromatic heterocycles. The third-order valence-corrected chi connectivity index (χ3v) is 3.04. The molecule has 0 radical (unpaired) electrons. The lowest BCUT2D eigenvalue weighted by atomic mass is 9.97. The largest absolute Gasteiger partial charge is 0.481 e. The summed E-state index contributed by atoms with van der Waals surface area (Å²) in [5.41, 5.74) is 0. The van der Waals surface area contributed by atoms with Gasteiger partial charge < -0.3 is 19.3 Å². The van der Waals surface area contributed by atoms with E-state index < -0.39 is 5.97 Å². The molecule has 2 saturated heterocycles. The Balaban J connectivity index is 1.70. The van der Waals surface area contributed by atoms with Gasteiger partial charge in [-0.2, -0.15) is 0 Å². The van der Waals surface area contributed by atoms with E-state index in [1.54, 1.807) is 0 Å². The molecule has 2 aliphatic heterocycles. The second kappa shape index (κ2) is 6.15. The van der Waals surface area contributed by atoms with Gasteiger partial charge in [-0.05, 0) is 19.3 Å². The van der Waals surface area contributed by atoms with Crippen LogP contribution in [0.5, 0.6) is 0 Å². The molecule has 2 aliphatic rings. The minimum absolute atomic E-state index is 0.0609.